The zero-order valence-corrected chi connectivity index (χ0v) is 16.4. The standard InChI is InChI=1S/C19H23NO6S/c1-4-25-19(24)15-11(2)16(12(3)21)27-17(15)20-14(22)10-26-18(23)13-8-6-5-7-9-13/h5-6,13H,4,7-10H2,1-3H3,(H,20,22)/t13-/m0/s1. The number of hydrogen-bond acceptors (Lipinski definition) is 7. The number of carbonyl (C=O) groups excluding carboxylic acids is 4. The normalized spacial score (nSPS) is 15.9. The Labute approximate surface area is 161 Å². The van der Waals surface area contributed by atoms with E-state index in [4.69, 9.17) is 9.47 Å². The summed E-state index contributed by atoms with van der Waals surface area (Å²) in [5.41, 5.74) is 0.622. The van der Waals surface area contributed by atoms with E-state index in [2.05, 4.69) is 5.32 Å². The molecule has 0 bridgehead atoms. The van der Waals surface area contributed by atoms with Crippen LogP contribution in [0.15, 0.2) is 12.2 Å². The Morgan fingerprint density at radius 1 is 1.22 bits per heavy atom. The predicted octanol–water partition coefficient (Wildman–Crippen LogP) is 3.27. The van der Waals surface area contributed by atoms with Crippen LogP contribution in [0.4, 0.5) is 5.00 Å². The maximum atomic E-state index is 12.2. The number of anilines is 1. The molecular formula is C19H23NO6S. The van der Waals surface area contributed by atoms with E-state index >= 15 is 0 Å². The van der Waals surface area contributed by atoms with Crippen molar-refractivity contribution < 1.29 is 28.7 Å². The van der Waals surface area contributed by atoms with E-state index in [1.165, 1.54) is 6.92 Å². The minimum absolute atomic E-state index is 0.157. The van der Waals surface area contributed by atoms with Crippen LogP contribution in [0.5, 0.6) is 0 Å². The van der Waals surface area contributed by atoms with Crippen molar-refractivity contribution in [1.82, 2.24) is 0 Å². The molecule has 0 spiro atoms. The Bertz CT molecular complexity index is 779. The quantitative estimate of drug-likeness (QED) is 0.434. The highest BCUT2D eigenvalue weighted by atomic mass is 32.1. The number of nitrogens with one attached hydrogen (secondary N) is 1. The first-order valence-electron chi connectivity index (χ1n) is 8.78. The number of amides is 1. The predicted molar refractivity (Wildman–Crippen MR) is 101 cm³/mol. The molecule has 27 heavy (non-hydrogen) atoms. The maximum absolute atomic E-state index is 12.2. The van der Waals surface area contributed by atoms with E-state index in [1.54, 1.807) is 13.8 Å². The molecule has 1 aromatic rings. The smallest absolute Gasteiger partial charge is 0.341 e. The molecule has 1 aliphatic rings. The molecule has 0 saturated heterocycles. The molecule has 0 aromatic carbocycles. The van der Waals surface area contributed by atoms with Gasteiger partial charge in [-0.3, -0.25) is 14.4 Å². The highest BCUT2D eigenvalue weighted by Crippen LogP contribution is 2.34. The van der Waals surface area contributed by atoms with Crippen LogP contribution in [0, 0.1) is 12.8 Å². The van der Waals surface area contributed by atoms with Crippen LogP contribution >= 0.6 is 11.3 Å². The molecule has 1 aliphatic carbocycles. The monoisotopic (exact) mass is 393 g/mol. The minimum Gasteiger partial charge on any atom is -0.462 e. The Hall–Kier alpha value is -2.48. The molecule has 0 fully saturated rings. The summed E-state index contributed by atoms with van der Waals surface area (Å²) in [4.78, 5) is 48.5. The molecule has 0 radical (unpaired) electrons. The van der Waals surface area contributed by atoms with Crippen LogP contribution in [-0.2, 0) is 19.1 Å². The molecule has 146 valence electrons. The Balaban J connectivity index is 2.06. The van der Waals surface area contributed by atoms with E-state index in [0.29, 0.717) is 23.3 Å². The first-order valence-corrected chi connectivity index (χ1v) is 9.59. The number of hydrogen-bond donors (Lipinski definition) is 1. The second kappa shape index (κ2) is 9.45. The molecular weight excluding hydrogens is 370 g/mol. The molecule has 1 aromatic heterocycles. The molecule has 1 N–H and O–H groups in total. The van der Waals surface area contributed by atoms with Gasteiger partial charge < -0.3 is 14.8 Å². The molecule has 0 aliphatic heterocycles. The van der Waals surface area contributed by atoms with E-state index < -0.39 is 24.5 Å². The van der Waals surface area contributed by atoms with Gasteiger partial charge in [0.2, 0.25) is 0 Å². The number of ketones is 1. The average Bonchev–Trinajstić information content (AvgIpc) is 2.97. The number of Topliss-reactive ketones (excluding diaryl/α,β-unsaturated/α-hetero) is 1. The van der Waals surface area contributed by atoms with Gasteiger partial charge in [0.05, 0.1) is 23.0 Å². The van der Waals surface area contributed by atoms with Crippen LogP contribution in [0.2, 0.25) is 0 Å². The maximum Gasteiger partial charge on any atom is 0.341 e. The van der Waals surface area contributed by atoms with Crippen LogP contribution in [0.25, 0.3) is 0 Å². The summed E-state index contributed by atoms with van der Waals surface area (Å²) in [5, 5.41) is 2.78. The fourth-order valence-corrected chi connectivity index (χ4v) is 3.92. The third-order valence-corrected chi connectivity index (χ3v) is 5.46. The largest absolute Gasteiger partial charge is 0.462 e. The molecule has 0 saturated carbocycles. The van der Waals surface area contributed by atoms with Gasteiger partial charge in [-0.2, -0.15) is 0 Å². The summed E-state index contributed by atoms with van der Waals surface area (Å²) < 4.78 is 10.1. The van der Waals surface area contributed by atoms with E-state index in [9.17, 15) is 19.2 Å². The molecule has 8 heteroatoms. The van der Waals surface area contributed by atoms with Gasteiger partial charge in [0, 0.05) is 0 Å². The van der Waals surface area contributed by atoms with Crippen molar-refractivity contribution in [3.8, 4) is 0 Å². The second-order valence-electron chi connectivity index (χ2n) is 6.17. The van der Waals surface area contributed by atoms with Crippen LogP contribution in [0.1, 0.15) is 58.7 Å². The highest BCUT2D eigenvalue weighted by molar-refractivity contribution is 7.18. The molecule has 2 rings (SSSR count). The van der Waals surface area contributed by atoms with Crippen molar-refractivity contribution in [1.29, 1.82) is 0 Å². The van der Waals surface area contributed by atoms with Crippen LogP contribution in [-0.4, -0.2) is 36.8 Å². The van der Waals surface area contributed by atoms with Gasteiger partial charge in [-0.25, -0.2) is 4.79 Å². The topological polar surface area (TPSA) is 98.8 Å². The third-order valence-electron chi connectivity index (χ3n) is 4.15. The number of esters is 2. The van der Waals surface area contributed by atoms with Gasteiger partial charge >= 0.3 is 11.9 Å². The summed E-state index contributed by atoms with van der Waals surface area (Å²) in [6, 6.07) is 0. The lowest BCUT2D eigenvalue weighted by molar-refractivity contribution is -0.151. The summed E-state index contributed by atoms with van der Waals surface area (Å²) in [5.74, 6) is -2.03. The molecule has 1 amide bonds. The molecule has 1 atom stereocenters. The van der Waals surface area contributed by atoms with Crippen molar-refractivity contribution in [3.63, 3.8) is 0 Å². The Morgan fingerprint density at radius 2 is 1.96 bits per heavy atom. The molecule has 7 nitrogen and oxygen atoms in total. The van der Waals surface area contributed by atoms with Gasteiger partial charge in [-0.1, -0.05) is 12.2 Å². The first-order chi connectivity index (χ1) is 12.8. The number of ether oxygens (including phenoxy) is 2. The van der Waals surface area contributed by atoms with Crippen molar-refractivity contribution >= 4 is 40.0 Å². The van der Waals surface area contributed by atoms with Gasteiger partial charge in [0.1, 0.15) is 5.00 Å². The summed E-state index contributed by atoms with van der Waals surface area (Å²) in [6.45, 7) is 4.41. The zero-order chi connectivity index (χ0) is 20.0. The number of thiophene rings is 1. The SMILES string of the molecule is CCOC(=O)c1c(NC(=O)COC(=O)[C@H]2CC=CCC2)sc(C(C)=O)c1C. The Morgan fingerprint density at radius 3 is 2.56 bits per heavy atom. The minimum atomic E-state index is -0.611. The number of allylic oxidation sites excluding steroid dienone is 2. The fraction of sp³-hybridized carbons (Fsp3) is 0.474. The zero-order valence-electron chi connectivity index (χ0n) is 15.6. The van der Waals surface area contributed by atoms with Gasteiger partial charge in [0.15, 0.2) is 12.4 Å². The first kappa shape index (κ1) is 20.8. The summed E-state index contributed by atoms with van der Waals surface area (Å²) in [7, 11) is 0. The van der Waals surface area contributed by atoms with Crippen LogP contribution in [0.3, 0.4) is 0 Å². The van der Waals surface area contributed by atoms with E-state index in [0.717, 1.165) is 17.8 Å². The lowest BCUT2D eigenvalue weighted by atomic mass is 9.95. The third kappa shape index (κ3) is 5.26. The van der Waals surface area contributed by atoms with E-state index in [1.807, 2.05) is 12.2 Å². The highest BCUT2D eigenvalue weighted by Gasteiger charge is 2.26. The van der Waals surface area contributed by atoms with Crippen molar-refractivity contribution in [2.75, 3.05) is 18.5 Å². The van der Waals surface area contributed by atoms with E-state index in [-0.39, 0.29) is 28.9 Å². The van der Waals surface area contributed by atoms with Crippen molar-refractivity contribution in [2.24, 2.45) is 5.92 Å². The van der Waals surface area contributed by atoms with Gasteiger partial charge in [0.25, 0.3) is 5.91 Å². The fourth-order valence-electron chi connectivity index (χ4n) is 2.81. The number of carbonyl (C=O) groups is 4. The molecule has 0 unspecified atom stereocenters. The molecule has 1 heterocycles. The number of rotatable bonds is 7. The summed E-state index contributed by atoms with van der Waals surface area (Å²) >= 11 is 1.01. The van der Waals surface area contributed by atoms with Crippen molar-refractivity contribution in [3.05, 3.63) is 28.2 Å². The second-order valence-corrected chi connectivity index (χ2v) is 7.19. The lowest BCUT2D eigenvalue weighted by Crippen LogP contribution is -2.25. The van der Waals surface area contributed by atoms with Gasteiger partial charge in [-0.15, -0.1) is 11.3 Å². The lowest BCUT2D eigenvalue weighted by Gasteiger charge is -2.16. The summed E-state index contributed by atoms with van der Waals surface area (Å²) in [6.07, 6.45) is 6.07. The average molecular weight is 393 g/mol. The Kier molecular flexibility index (Phi) is 7.29. The van der Waals surface area contributed by atoms with Crippen molar-refractivity contribution in [2.45, 2.75) is 40.0 Å². The van der Waals surface area contributed by atoms with Crippen LogP contribution < -0.4 is 5.32 Å². The van der Waals surface area contributed by atoms with Gasteiger partial charge in [-0.05, 0) is 45.6 Å².